The standard InChI is InChI=1S/C21H18ClN2O4S.C2H3O.2CH3.ClH.Sn/c1-24-18-7-5-4-6-14(18)15-10-13(8-9-19(15)24)29(25,26)23-17-12-20(27-2)16(22)11-21(17)28-3;1-2-3;;;;/h4-12H,1-3H3;1H3;2*1H3;1H;/q-1;;;;;+1. The van der Waals surface area contributed by atoms with Gasteiger partial charge in [0.2, 0.25) is 0 Å². The van der Waals surface area contributed by atoms with E-state index in [-0.39, 0.29) is 43.3 Å². The summed E-state index contributed by atoms with van der Waals surface area (Å²) in [6.07, 6.45) is 0. The Morgan fingerprint density at radius 3 is 2.17 bits per heavy atom. The number of methoxy groups -OCH3 is 2. The van der Waals surface area contributed by atoms with Gasteiger partial charge in [-0.2, -0.15) is 0 Å². The molecule has 0 spiro atoms. The maximum atomic E-state index is 14.3. The maximum Gasteiger partial charge on any atom is -0.147 e. The molecule has 0 fully saturated rings. The first kappa shape index (κ1) is 28.4. The Labute approximate surface area is 226 Å². The third-order valence-corrected chi connectivity index (χ3v) is 21.9. The molecule has 1 aromatic heterocycles. The fourth-order valence-corrected chi connectivity index (χ4v) is 16.2. The molecule has 0 aliphatic carbocycles. The Morgan fingerprint density at radius 1 is 0.944 bits per heavy atom. The molecule has 11 heteroatoms. The molecule has 7 nitrogen and oxygen atoms in total. The molecule has 0 saturated carbocycles. The van der Waals surface area contributed by atoms with Crippen molar-refractivity contribution in [3.05, 3.63) is 59.6 Å². The van der Waals surface area contributed by atoms with Crippen LogP contribution in [0.2, 0.25) is 14.9 Å². The van der Waals surface area contributed by atoms with Crippen molar-refractivity contribution in [3.63, 3.8) is 0 Å². The molecule has 0 radical (unpaired) electrons. The van der Waals surface area contributed by atoms with Gasteiger partial charge in [0, 0.05) is 0 Å². The van der Waals surface area contributed by atoms with Gasteiger partial charge in [-0.1, -0.05) is 0 Å². The van der Waals surface area contributed by atoms with Crippen LogP contribution in [-0.2, 0) is 21.9 Å². The molecule has 4 aromatic rings. The fraction of sp³-hybridized carbons (Fsp3) is 0.240. The van der Waals surface area contributed by atoms with E-state index in [4.69, 9.17) is 21.1 Å². The van der Waals surface area contributed by atoms with Crippen molar-refractivity contribution in [2.75, 3.05) is 16.7 Å². The molecule has 0 aliphatic heterocycles. The first-order valence-corrected chi connectivity index (χ1v) is 21.1. The first-order chi connectivity index (χ1) is 16.4. The number of carbonyl (C=O) groups excluding carboxylic acids is 1. The third-order valence-electron chi connectivity index (χ3n) is 6.46. The number of nitrogens with zero attached hydrogens (tertiary/aromatic N) is 2. The van der Waals surface area contributed by atoms with Crippen LogP contribution in [0.4, 0.5) is 5.69 Å². The number of para-hydroxylation sites is 1. The normalized spacial score (nSPS) is 11.9. The van der Waals surface area contributed by atoms with Gasteiger partial charge < -0.3 is 0 Å². The number of rotatable bonds is 7. The SMILES string of the molecule is COc1cc([N](S(=O)(=O)c2ccc3c(c2)c2ccccc2n3C)[Sn]([CH3])([CH3])[C](C)=O)c(OC)cc1Cl.Cl. The van der Waals surface area contributed by atoms with E-state index in [1.807, 2.05) is 35.9 Å². The minimum Gasteiger partial charge on any atom is -0.147 e. The van der Waals surface area contributed by atoms with Crippen LogP contribution >= 0.6 is 24.0 Å². The largest absolute Gasteiger partial charge is 0.147 e. The van der Waals surface area contributed by atoms with Gasteiger partial charge in [-0.25, -0.2) is 0 Å². The summed E-state index contributed by atoms with van der Waals surface area (Å²) in [6.45, 7) is 1.45. The molecule has 36 heavy (non-hydrogen) atoms. The zero-order chi connectivity index (χ0) is 25.7. The van der Waals surface area contributed by atoms with Crippen LogP contribution in [0.3, 0.4) is 0 Å². The third kappa shape index (κ3) is 4.53. The molecular formula is C25H28Cl2N2O5SSn. The average Bonchev–Trinajstić information content (AvgIpc) is 3.11. The number of hydrogen-bond acceptors (Lipinski definition) is 5. The minimum atomic E-state index is -4.19. The number of sulfonamides is 1. The van der Waals surface area contributed by atoms with Gasteiger partial charge in [-0.3, -0.25) is 0 Å². The molecule has 0 aliphatic rings. The smallest absolute Gasteiger partial charge is 0.147 e. The molecule has 192 valence electrons. The van der Waals surface area contributed by atoms with Crippen LogP contribution < -0.4 is 12.0 Å². The van der Waals surface area contributed by atoms with Crippen molar-refractivity contribution < 1.29 is 22.7 Å². The number of fused-ring (bicyclic) bond motifs is 3. The summed E-state index contributed by atoms with van der Waals surface area (Å²) in [4.78, 5) is 16.5. The van der Waals surface area contributed by atoms with Crippen molar-refractivity contribution in [2.45, 2.75) is 21.7 Å². The maximum absolute atomic E-state index is 14.3. The number of ether oxygens (including phenoxy) is 2. The molecule has 0 amide bonds. The van der Waals surface area contributed by atoms with E-state index < -0.39 is 28.7 Å². The number of aryl methyl sites for hydroxylation is 1. The average molecular weight is 658 g/mol. The van der Waals surface area contributed by atoms with Gasteiger partial charge in [-0.05, 0) is 0 Å². The summed E-state index contributed by atoms with van der Waals surface area (Å²) in [5.74, 6) is 0.537. The Morgan fingerprint density at radius 2 is 1.56 bits per heavy atom. The topological polar surface area (TPSA) is 77.8 Å². The van der Waals surface area contributed by atoms with Crippen LogP contribution in [0.5, 0.6) is 11.5 Å². The first-order valence-electron chi connectivity index (χ1n) is 10.9. The number of hydrogen-bond donors (Lipinski definition) is 0. The van der Waals surface area contributed by atoms with Crippen molar-refractivity contribution >= 4 is 84.0 Å². The molecule has 3 aromatic carbocycles. The van der Waals surface area contributed by atoms with E-state index >= 15 is 0 Å². The summed E-state index contributed by atoms with van der Waals surface area (Å²) in [6, 6.07) is 15.9. The van der Waals surface area contributed by atoms with Gasteiger partial charge in [0.15, 0.2) is 0 Å². The van der Waals surface area contributed by atoms with Gasteiger partial charge in [0.05, 0.1) is 0 Å². The van der Waals surface area contributed by atoms with E-state index in [1.165, 1.54) is 35.8 Å². The van der Waals surface area contributed by atoms with Gasteiger partial charge in [0.25, 0.3) is 0 Å². The van der Waals surface area contributed by atoms with Crippen molar-refractivity contribution in [1.82, 2.24) is 4.57 Å². The molecule has 0 saturated heterocycles. The van der Waals surface area contributed by atoms with E-state index in [2.05, 4.69) is 0 Å². The Bertz CT molecular complexity index is 1580. The van der Waals surface area contributed by atoms with Crippen molar-refractivity contribution in [1.29, 1.82) is 0 Å². The molecule has 0 bridgehead atoms. The molecule has 0 unspecified atom stereocenters. The number of aromatic nitrogens is 1. The van der Waals surface area contributed by atoms with Gasteiger partial charge in [-0.15, -0.1) is 12.4 Å². The monoisotopic (exact) mass is 658 g/mol. The second-order valence-electron chi connectivity index (χ2n) is 8.80. The molecule has 4 rings (SSSR count). The Hall–Kier alpha value is -2.14. The summed E-state index contributed by atoms with van der Waals surface area (Å²) in [5, 5.41) is 2.05. The molecule has 0 atom stereocenters. The van der Waals surface area contributed by atoms with Crippen LogP contribution in [-0.4, -0.2) is 49.7 Å². The zero-order valence-corrected chi connectivity index (χ0v) is 26.1. The quantitative estimate of drug-likeness (QED) is 0.230. The zero-order valence-electron chi connectivity index (χ0n) is 20.8. The number of benzene rings is 3. The predicted octanol–water partition coefficient (Wildman–Crippen LogP) is 5.95. The van der Waals surface area contributed by atoms with E-state index in [9.17, 15) is 13.2 Å². The predicted molar refractivity (Wildman–Crippen MR) is 150 cm³/mol. The van der Waals surface area contributed by atoms with E-state index in [0.717, 1.165) is 21.8 Å². The fourth-order valence-electron chi connectivity index (χ4n) is 4.29. The second-order valence-corrected chi connectivity index (χ2v) is 24.1. The van der Waals surface area contributed by atoms with Crippen LogP contribution in [0.1, 0.15) is 6.92 Å². The van der Waals surface area contributed by atoms with Gasteiger partial charge in [0.1, 0.15) is 0 Å². The molecule has 0 N–H and O–H groups in total. The summed E-state index contributed by atoms with van der Waals surface area (Å²) in [5.41, 5.74) is 2.15. The molecule has 1 heterocycles. The second kappa shape index (κ2) is 10.3. The van der Waals surface area contributed by atoms with Gasteiger partial charge >= 0.3 is 215 Å². The minimum absolute atomic E-state index is 0. The number of carbonyl (C=O) groups is 1. The Kier molecular flexibility index (Phi) is 8.15. The van der Waals surface area contributed by atoms with E-state index in [1.54, 1.807) is 28.1 Å². The van der Waals surface area contributed by atoms with Crippen LogP contribution in [0, 0.1) is 0 Å². The van der Waals surface area contributed by atoms with Crippen molar-refractivity contribution in [3.8, 4) is 11.5 Å². The Balaban J connectivity index is 0.00000361. The number of halogens is 2. The number of anilines is 1. The van der Waals surface area contributed by atoms with Crippen molar-refractivity contribution in [2.24, 2.45) is 7.05 Å². The summed E-state index contributed by atoms with van der Waals surface area (Å²) < 4.78 is 42.7. The van der Waals surface area contributed by atoms with E-state index in [0.29, 0.717) is 0 Å². The van der Waals surface area contributed by atoms with Crippen LogP contribution in [0.15, 0.2) is 59.5 Å². The molecular weight excluding hydrogens is 630 g/mol. The summed E-state index contributed by atoms with van der Waals surface area (Å²) in [7, 11) is 0.674. The van der Waals surface area contributed by atoms with Crippen LogP contribution in [0.25, 0.3) is 21.8 Å². The summed E-state index contributed by atoms with van der Waals surface area (Å²) >= 11 is 2.10.